The molecule has 1 aromatic rings. The summed E-state index contributed by atoms with van der Waals surface area (Å²) in [5, 5.41) is 9.37. The van der Waals surface area contributed by atoms with E-state index in [1.165, 1.54) is 4.90 Å². The van der Waals surface area contributed by atoms with Crippen molar-refractivity contribution in [2.24, 2.45) is 0 Å². The van der Waals surface area contributed by atoms with Crippen molar-refractivity contribution in [1.29, 1.82) is 0 Å². The van der Waals surface area contributed by atoms with Crippen molar-refractivity contribution in [3.8, 4) is 0 Å². The van der Waals surface area contributed by atoms with Crippen LogP contribution in [0.15, 0.2) is 24.3 Å². The smallest absolute Gasteiger partial charge is 0.389 e. The third-order valence-corrected chi connectivity index (χ3v) is 3.04. The van der Waals surface area contributed by atoms with Crippen LogP contribution in [0.5, 0.6) is 0 Å². The van der Waals surface area contributed by atoms with Crippen molar-refractivity contribution in [3.63, 3.8) is 0 Å². The van der Waals surface area contributed by atoms with Gasteiger partial charge in [0.25, 0.3) is 0 Å². The minimum absolute atomic E-state index is 0.00373. The first-order valence-electron chi connectivity index (χ1n) is 5.98. The molecule has 0 amide bonds. The topological polar surface area (TPSA) is 23.5 Å². The van der Waals surface area contributed by atoms with Crippen LogP contribution in [0, 0.1) is 0 Å². The van der Waals surface area contributed by atoms with Crippen molar-refractivity contribution < 1.29 is 18.3 Å². The molecule has 0 aliphatic heterocycles. The number of alkyl halides is 3. The van der Waals surface area contributed by atoms with Crippen molar-refractivity contribution >= 4 is 5.69 Å². The van der Waals surface area contributed by atoms with Gasteiger partial charge >= 0.3 is 6.18 Å². The highest BCUT2D eigenvalue weighted by Crippen LogP contribution is 2.34. The summed E-state index contributed by atoms with van der Waals surface area (Å²) in [6.07, 6.45) is -3.16. The van der Waals surface area contributed by atoms with E-state index in [4.69, 9.17) is 0 Å². The van der Waals surface area contributed by atoms with Gasteiger partial charge in [-0.25, -0.2) is 0 Å². The summed E-state index contributed by atoms with van der Waals surface area (Å²) in [5.41, 5.74) is 1.28. The Labute approximate surface area is 104 Å². The molecule has 0 heterocycles. The molecule has 1 atom stereocenters. The Balaban J connectivity index is 2.15. The Morgan fingerprint density at radius 1 is 1.28 bits per heavy atom. The normalized spacial score (nSPS) is 17.6. The fourth-order valence-electron chi connectivity index (χ4n) is 1.95. The van der Waals surface area contributed by atoms with E-state index in [0.717, 1.165) is 12.8 Å². The lowest BCUT2D eigenvalue weighted by Crippen LogP contribution is -2.35. The first kappa shape index (κ1) is 13.2. The van der Waals surface area contributed by atoms with Gasteiger partial charge in [0.15, 0.2) is 0 Å². The van der Waals surface area contributed by atoms with Gasteiger partial charge in [-0.1, -0.05) is 12.1 Å². The average Bonchev–Trinajstić information content (AvgIpc) is 3.08. The standard InChI is InChI=1S/C13H16F3NO/c1-9(18)10-2-4-11(5-3-10)17(12-6-7-12)8-13(14,15)16/h2-5,9,12,18H,6-8H2,1H3/t9-/m1/s1. The van der Waals surface area contributed by atoms with Gasteiger partial charge in [-0.15, -0.1) is 0 Å². The Morgan fingerprint density at radius 2 is 1.83 bits per heavy atom. The van der Waals surface area contributed by atoms with Gasteiger partial charge in [-0.3, -0.25) is 0 Å². The number of aliphatic hydroxyl groups is 1. The molecule has 2 nitrogen and oxygen atoms in total. The van der Waals surface area contributed by atoms with Crippen LogP contribution in [-0.4, -0.2) is 23.9 Å². The summed E-state index contributed by atoms with van der Waals surface area (Å²) < 4.78 is 37.5. The zero-order chi connectivity index (χ0) is 13.3. The van der Waals surface area contributed by atoms with Crippen molar-refractivity contribution in [2.45, 2.75) is 38.1 Å². The van der Waals surface area contributed by atoms with E-state index < -0.39 is 18.8 Å². The highest BCUT2D eigenvalue weighted by Gasteiger charge is 2.38. The summed E-state index contributed by atoms with van der Waals surface area (Å²) in [7, 11) is 0. The Morgan fingerprint density at radius 3 is 2.22 bits per heavy atom. The van der Waals surface area contributed by atoms with Gasteiger partial charge in [-0.05, 0) is 37.5 Å². The monoisotopic (exact) mass is 259 g/mol. The Bertz CT molecular complexity index is 396. The zero-order valence-corrected chi connectivity index (χ0v) is 10.1. The lowest BCUT2D eigenvalue weighted by atomic mass is 10.1. The van der Waals surface area contributed by atoms with E-state index in [-0.39, 0.29) is 6.04 Å². The number of aliphatic hydroxyl groups excluding tert-OH is 1. The van der Waals surface area contributed by atoms with Crippen LogP contribution in [0.25, 0.3) is 0 Å². The van der Waals surface area contributed by atoms with Crippen LogP contribution in [0.4, 0.5) is 18.9 Å². The van der Waals surface area contributed by atoms with E-state index in [0.29, 0.717) is 11.3 Å². The van der Waals surface area contributed by atoms with Gasteiger partial charge in [0.2, 0.25) is 0 Å². The quantitative estimate of drug-likeness (QED) is 0.897. The first-order valence-corrected chi connectivity index (χ1v) is 5.98. The van der Waals surface area contributed by atoms with Gasteiger partial charge in [-0.2, -0.15) is 13.2 Å². The summed E-state index contributed by atoms with van der Waals surface area (Å²) in [6.45, 7) is 0.717. The molecule has 0 aromatic heterocycles. The molecule has 1 fully saturated rings. The Hall–Kier alpha value is -1.23. The second-order valence-corrected chi connectivity index (χ2v) is 4.74. The summed E-state index contributed by atoms with van der Waals surface area (Å²) in [5.74, 6) is 0. The number of anilines is 1. The molecule has 1 N–H and O–H groups in total. The van der Waals surface area contributed by atoms with Crippen molar-refractivity contribution in [3.05, 3.63) is 29.8 Å². The van der Waals surface area contributed by atoms with E-state index in [2.05, 4.69) is 0 Å². The van der Waals surface area contributed by atoms with Gasteiger partial charge in [0, 0.05) is 11.7 Å². The largest absolute Gasteiger partial charge is 0.405 e. The minimum Gasteiger partial charge on any atom is -0.389 e. The third-order valence-electron chi connectivity index (χ3n) is 3.04. The molecule has 18 heavy (non-hydrogen) atoms. The molecule has 2 rings (SSSR count). The number of nitrogens with zero attached hydrogens (tertiary/aromatic N) is 1. The van der Waals surface area contributed by atoms with Gasteiger partial charge in [0.05, 0.1) is 6.10 Å². The summed E-state index contributed by atoms with van der Waals surface area (Å²) >= 11 is 0. The van der Waals surface area contributed by atoms with Crippen LogP contribution in [0.2, 0.25) is 0 Å². The van der Waals surface area contributed by atoms with Crippen molar-refractivity contribution in [1.82, 2.24) is 0 Å². The molecule has 0 radical (unpaired) electrons. The minimum atomic E-state index is -4.19. The third kappa shape index (κ3) is 3.38. The fraction of sp³-hybridized carbons (Fsp3) is 0.538. The number of hydrogen-bond acceptors (Lipinski definition) is 2. The zero-order valence-electron chi connectivity index (χ0n) is 10.1. The van der Waals surface area contributed by atoms with E-state index in [9.17, 15) is 18.3 Å². The maximum absolute atomic E-state index is 12.5. The van der Waals surface area contributed by atoms with Crippen LogP contribution >= 0.6 is 0 Å². The molecule has 1 aliphatic carbocycles. The van der Waals surface area contributed by atoms with Crippen molar-refractivity contribution in [2.75, 3.05) is 11.4 Å². The fourth-order valence-corrected chi connectivity index (χ4v) is 1.95. The van der Waals surface area contributed by atoms with Gasteiger partial charge in [0.1, 0.15) is 6.54 Å². The lowest BCUT2D eigenvalue weighted by molar-refractivity contribution is -0.120. The Kier molecular flexibility index (Phi) is 3.52. The number of halogens is 3. The molecule has 100 valence electrons. The summed E-state index contributed by atoms with van der Waals surface area (Å²) in [4.78, 5) is 1.39. The molecule has 0 saturated heterocycles. The molecule has 1 saturated carbocycles. The highest BCUT2D eigenvalue weighted by atomic mass is 19.4. The number of benzene rings is 1. The lowest BCUT2D eigenvalue weighted by Gasteiger charge is -2.26. The molecule has 0 unspecified atom stereocenters. The first-order chi connectivity index (χ1) is 8.37. The number of hydrogen-bond donors (Lipinski definition) is 1. The molecule has 0 bridgehead atoms. The molecule has 1 aliphatic rings. The van der Waals surface area contributed by atoms with Crippen LogP contribution in [0.1, 0.15) is 31.4 Å². The SMILES string of the molecule is C[C@@H](O)c1ccc(N(CC(F)(F)F)C2CC2)cc1. The highest BCUT2D eigenvalue weighted by molar-refractivity contribution is 5.50. The maximum Gasteiger partial charge on any atom is 0.405 e. The van der Waals surface area contributed by atoms with Crippen LogP contribution < -0.4 is 4.90 Å². The molecule has 1 aromatic carbocycles. The van der Waals surface area contributed by atoms with Crippen LogP contribution in [-0.2, 0) is 0 Å². The number of rotatable bonds is 4. The van der Waals surface area contributed by atoms with E-state index >= 15 is 0 Å². The maximum atomic E-state index is 12.5. The van der Waals surface area contributed by atoms with Crippen LogP contribution in [0.3, 0.4) is 0 Å². The molecular weight excluding hydrogens is 243 g/mol. The molecule has 0 spiro atoms. The average molecular weight is 259 g/mol. The van der Waals surface area contributed by atoms with Gasteiger partial charge < -0.3 is 10.0 Å². The molecular formula is C13H16F3NO. The van der Waals surface area contributed by atoms with E-state index in [1.807, 2.05) is 0 Å². The predicted molar refractivity (Wildman–Crippen MR) is 63.5 cm³/mol. The van der Waals surface area contributed by atoms with E-state index in [1.54, 1.807) is 31.2 Å². The molecule has 5 heteroatoms. The summed E-state index contributed by atoms with van der Waals surface area (Å²) in [6, 6.07) is 6.64. The second kappa shape index (κ2) is 4.80. The predicted octanol–water partition coefficient (Wildman–Crippen LogP) is 3.27. The second-order valence-electron chi connectivity index (χ2n) is 4.74.